The fourth-order valence-electron chi connectivity index (χ4n) is 3.32. The molecule has 0 aromatic carbocycles. The highest BCUT2D eigenvalue weighted by molar-refractivity contribution is 6.61. The Hall–Kier alpha value is -1.67. The van der Waals surface area contributed by atoms with Gasteiger partial charge >= 0.3 is 7.12 Å². The van der Waals surface area contributed by atoms with E-state index in [9.17, 15) is 4.79 Å². The fourth-order valence-corrected chi connectivity index (χ4v) is 3.32. The van der Waals surface area contributed by atoms with Crippen molar-refractivity contribution in [3.05, 3.63) is 12.4 Å². The van der Waals surface area contributed by atoms with Crippen molar-refractivity contribution in [3.63, 3.8) is 0 Å². The number of amides is 1. The van der Waals surface area contributed by atoms with Gasteiger partial charge in [0.25, 0.3) is 0 Å². The van der Waals surface area contributed by atoms with Crippen LogP contribution in [-0.4, -0.2) is 53.3 Å². The zero-order valence-corrected chi connectivity index (χ0v) is 16.4. The van der Waals surface area contributed by atoms with Crippen LogP contribution in [0, 0.1) is 0 Å². The molecule has 1 aromatic heterocycles. The van der Waals surface area contributed by atoms with E-state index in [-0.39, 0.29) is 23.2 Å². The maximum atomic E-state index is 11.2. The van der Waals surface area contributed by atoms with Gasteiger partial charge in [0.2, 0.25) is 11.9 Å². The van der Waals surface area contributed by atoms with Gasteiger partial charge in [-0.1, -0.05) is 0 Å². The maximum absolute atomic E-state index is 11.2. The van der Waals surface area contributed by atoms with Crippen LogP contribution in [0.15, 0.2) is 12.4 Å². The minimum Gasteiger partial charge on any atom is -0.399 e. The van der Waals surface area contributed by atoms with Gasteiger partial charge in [0.1, 0.15) is 0 Å². The summed E-state index contributed by atoms with van der Waals surface area (Å²) in [6, 6.07) is 0.232. The summed E-state index contributed by atoms with van der Waals surface area (Å²) >= 11 is 0. The second-order valence-corrected chi connectivity index (χ2v) is 8.18. The number of rotatable bonds is 4. The van der Waals surface area contributed by atoms with E-state index < -0.39 is 7.12 Å². The number of nitrogens with zero attached hydrogens (tertiary/aromatic N) is 3. The van der Waals surface area contributed by atoms with Crippen LogP contribution in [0.25, 0.3) is 0 Å². The molecule has 2 aliphatic heterocycles. The standard InChI is InChI=1S/C18H29BN4O3/c1-13(24)20-12-15-8-6-7-9-23(15)16-21-10-14(11-22-16)19-25-17(2,3)18(4,5)26-19/h10-11,15H,6-9,12H2,1-5H3,(H,20,24)/t15-/m0/s1. The summed E-state index contributed by atoms with van der Waals surface area (Å²) in [5.41, 5.74) is 0.0575. The Labute approximate surface area is 156 Å². The molecule has 3 heterocycles. The third-order valence-corrected chi connectivity index (χ3v) is 5.65. The Bertz CT molecular complexity index is 634. The molecule has 1 N–H and O–H groups in total. The lowest BCUT2D eigenvalue weighted by molar-refractivity contribution is -0.119. The molecular formula is C18H29BN4O3. The van der Waals surface area contributed by atoms with Crippen molar-refractivity contribution in [2.24, 2.45) is 0 Å². The van der Waals surface area contributed by atoms with Gasteiger partial charge in [0.05, 0.1) is 11.2 Å². The van der Waals surface area contributed by atoms with Crippen LogP contribution in [-0.2, 0) is 14.1 Å². The highest BCUT2D eigenvalue weighted by Gasteiger charge is 2.52. The lowest BCUT2D eigenvalue weighted by atomic mass is 9.81. The van der Waals surface area contributed by atoms with Crippen molar-refractivity contribution in [1.82, 2.24) is 15.3 Å². The van der Waals surface area contributed by atoms with Crippen LogP contribution in [0.2, 0.25) is 0 Å². The molecule has 2 fully saturated rings. The highest BCUT2D eigenvalue weighted by Crippen LogP contribution is 2.36. The van der Waals surface area contributed by atoms with E-state index >= 15 is 0 Å². The molecule has 2 aliphatic rings. The summed E-state index contributed by atoms with van der Waals surface area (Å²) in [5.74, 6) is 0.688. The quantitative estimate of drug-likeness (QED) is 0.815. The number of aromatic nitrogens is 2. The topological polar surface area (TPSA) is 76.6 Å². The number of nitrogens with one attached hydrogen (secondary N) is 1. The molecule has 0 unspecified atom stereocenters. The van der Waals surface area contributed by atoms with Crippen molar-refractivity contribution < 1.29 is 14.1 Å². The zero-order chi connectivity index (χ0) is 18.9. The van der Waals surface area contributed by atoms with Crippen LogP contribution in [0.1, 0.15) is 53.9 Å². The summed E-state index contributed by atoms with van der Waals surface area (Å²) in [4.78, 5) is 22.5. The Balaban J connectivity index is 1.71. The van der Waals surface area contributed by atoms with Gasteiger partial charge in [0.15, 0.2) is 0 Å². The van der Waals surface area contributed by atoms with E-state index in [1.54, 1.807) is 19.3 Å². The van der Waals surface area contributed by atoms with Crippen molar-refractivity contribution in [1.29, 1.82) is 0 Å². The van der Waals surface area contributed by atoms with Crippen LogP contribution < -0.4 is 15.7 Å². The molecule has 1 atom stereocenters. The number of carbonyl (C=O) groups is 1. The van der Waals surface area contributed by atoms with Crippen LogP contribution in [0.5, 0.6) is 0 Å². The minimum absolute atomic E-state index is 0.00690. The summed E-state index contributed by atoms with van der Waals surface area (Å²) in [6.07, 6.45) is 6.87. The normalized spacial score (nSPS) is 24.6. The van der Waals surface area contributed by atoms with E-state index in [1.807, 2.05) is 27.7 Å². The molecule has 1 aromatic rings. The summed E-state index contributed by atoms with van der Waals surface area (Å²) in [7, 11) is -0.453. The number of hydrogen-bond donors (Lipinski definition) is 1. The fraction of sp³-hybridized carbons (Fsp3) is 0.722. The first-order chi connectivity index (χ1) is 12.2. The molecule has 0 spiro atoms. The smallest absolute Gasteiger partial charge is 0.399 e. The predicted molar refractivity (Wildman–Crippen MR) is 101 cm³/mol. The Morgan fingerprint density at radius 1 is 1.23 bits per heavy atom. The monoisotopic (exact) mass is 360 g/mol. The lowest BCUT2D eigenvalue weighted by Gasteiger charge is -2.35. The van der Waals surface area contributed by atoms with Gasteiger partial charge in [-0.05, 0) is 47.0 Å². The molecular weight excluding hydrogens is 331 g/mol. The molecule has 0 aliphatic carbocycles. The first kappa shape index (κ1) is 19.1. The molecule has 0 saturated carbocycles. The number of anilines is 1. The van der Waals surface area contributed by atoms with Crippen molar-refractivity contribution in [3.8, 4) is 0 Å². The number of hydrogen-bond acceptors (Lipinski definition) is 6. The van der Waals surface area contributed by atoms with Gasteiger partial charge in [-0.25, -0.2) is 9.97 Å². The first-order valence-corrected chi connectivity index (χ1v) is 9.38. The predicted octanol–water partition coefficient (Wildman–Crippen LogP) is 1.27. The van der Waals surface area contributed by atoms with Crippen LogP contribution in [0.3, 0.4) is 0 Å². The second kappa shape index (κ2) is 7.16. The summed E-state index contributed by atoms with van der Waals surface area (Å²) in [6.45, 7) is 11.2. The van der Waals surface area contributed by atoms with Gasteiger partial charge in [-0.3, -0.25) is 4.79 Å². The minimum atomic E-state index is -0.453. The second-order valence-electron chi connectivity index (χ2n) is 8.18. The molecule has 26 heavy (non-hydrogen) atoms. The number of piperidine rings is 1. The Morgan fingerprint density at radius 2 is 1.85 bits per heavy atom. The molecule has 2 saturated heterocycles. The Morgan fingerprint density at radius 3 is 2.42 bits per heavy atom. The van der Waals surface area contributed by atoms with Gasteiger partial charge in [0, 0.05) is 43.9 Å². The average molecular weight is 360 g/mol. The molecule has 142 valence electrons. The number of carbonyl (C=O) groups excluding carboxylic acids is 1. The molecule has 0 bridgehead atoms. The van der Waals surface area contributed by atoms with Crippen molar-refractivity contribution >= 4 is 24.4 Å². The molecule has 3 rings (SSSR count). The first-order valence-electron chi connectivity index (χ1n) is 9.38. The van der Waals surface area contributed by atoms with Crippen molar-refractivity contribution in [2.75, 3.05) is 18.0 Å². The summed E-state index contributed by atoms with van der Waals surface area (Å²) < 4.78 is 12.1. The zero-order valence-electron chi connectivity index (χ0n) is 16.4. The lowest BCUT2D eigenvalue weighted by Crippen LogP contribution is -2.47. The van der Waals surface area contributed by atoms with E-state index in [2.05, 4.69) is 20.2 Å². The third kappa shape index (κ3) is 3.86. The van der Waals surface area contributed by atoms with Crippen LogP contribution >= 0.6 is 0 Å². The maximum Gasteiger partial charge on any atom is 0.498 e. The highest BCUT2D eigenvalue weighted by atomic mass is 16.7. The largest absolute Gasteiger partial charge is 0.498 e. The van der Waals surface area contributed by atoms with E-state index in [4.69, 9.17) is 9.31 Å². The SMILES string of the molecule is CC(=O)NC[C@@H]1CCCCN1c1ncc(B2OC(C)(C)C(C)(C)O2)cn1. The average Bonchev–Trinajstić information content (AvgIpc) is 2.81. The van der Waals surface area contributed by atoms with Crippen LogP contribution in [0.4, 0.5) is 5.95 Å². The van der Waals surface area contributed by atoms with Gasteiger partial charge in [-0.15, -0.1) is 0 Å². The third-order valence-electron chi connectivity index (χ3n) is 5.65. The van der Waals surface area contributed by atoms with Crippen molar-refractivity contribution in [2.45, 2.75) is 71.1 Å². The van der Waals surface area contributed by atoms with Gasteiger partial charge < -0.3 is 19.5 Å². The van der Waals surface area contributed by atoms with E-state index in [1.165, 1.54) is 0 Å². The Kier molecular flexibility index (Phi) is 5.26. The molecule has 8 heteroatoms. The molecule has 0 radical (unpaired) electrons. The molecule has 1 amide bonds. The van der Waals surface area contributed by atoms with E-state index in [0.29, 0.717) is 12.5 Å². The summed E-state index contributed by atoms with van der Waals surface area (Å²) in [5, 5.41) is 2.91. The molecule has 7 nitrogen and oxygen atoms in total. The van der Waals surface area contributed by atoms with E-state index in [0.717, 1.165) is 31.3 Å². The van der Waals surface area contributed by atoms with Gasteiger partial charge in [-0.2, -0.15) is 0 Å².